The summed E-state index contributed by atoms with van der Waals surface area (Å²) in [6, 6.07) is 21.3. The van der Waals surface area contributed by atoms with Gasteiger partial charge < -0.3 is 4.90 Å². The van der Waals surface area contributed by atoms with Crippen molar-refractivity contribution in [2.45, 2.75) is 25.2 Å². The average molecular weight is 393 g/mol. The van der Waals surface area contributed by atoms with Crippen molar-refractivity contribution in [3.8, 4) is 0 Å². The Morgan fingerprint density at radius 1 is 0.800 bits per heavy atom. The van der Waals surface area contributed by atoms with Gasteiger partial charge in [0.1, 0.15) is 5.82 Å². The molecule has 0 bridgehead atoms. The molecule has 0 saturated heterocycles. The zero-order valence-corrected chi connectivity index (χ0v) is 16.9. The third kappa shape index (κ3) is 3.69. The molecule has 1 aliphatic rings. The lowest BCUT2D eigenvalue weighted by Gasteiger charge is -2.32. The number of hydrogen-bond acceptors (Lipinski definition) is 4. The number of aromatic nitrogens is 3. The lowest BCUT2D eigenvalue weighted by atomic mass is 9.87. The van der Waals surface area contributed by atoms with Crippen molar-refractivity contribution in [1.29, 1.82) is 0 Å². The number of rotatable bonds is 5. The van der Waals surface area contributed by atoms with Gasteiger partial charge in [-0.05, 0) is 65.8 Å². The Morgan fingerprint density at radius 2 is 1.53 bits per heavy atom. The molecule has 0 fully saturated rings. The van der Waals surface area contributed by atoms with Crippen LogP contribution in [0.4, 0.5) is 11.5 Å². The monoisotopic (exact) mass is 392 g/mol. The molecule has 0 amide bonds. The van der Waals surface area contributed by atoms with Crippen molar-refractivity contribution in [3.63, 3.8) is 0 Å². The summed E-state index contributed by atoms with van der Waals surface area (Å²) < 4.78 is 0. The molecule has 5 rings (SSSR count). The van der Waals surface area contributed by atoms with Gasteiger partial charge in [0.15, 0.2) is 0 Å². The first-order chi connectivity index (χ1) is 14.9. The zero-order chi connectivity index (χ0) is 20.2. The van der Waals surface area contributed by atoms with E-state index in [1.54, 1.807) is 0 Å². The van der Waals surface area contributed by atoms with E-state index in [4.69, 9.17) is 4.98 Å². The van der Waals surface area contributed by atoms with E-state index in [1.165, 1.54) is 27.9 Å². The summed E-state index contributed by atoms with van der Waals surface area (Å²) in [5.74, 6) is 1.23. The molecular weight excluding hydrogens is 368 g/mol. The van der Waals surface area contributed by atoms with Crippen molar-refractivity contribution < 1.29 is 0 Å². The van der Waals surface area contributed by atoms with E-state index in [0.29, 0.717) is 0 Å². The topological polar surface area (TPSA) is 41.9 Å². The fourth-order valence-corrected chi connectivity index (χ4v) is 4.40. The second-order valence-electron chi connectivity index (χ2n) is 7.70. The van der Waals surface area contributed by atoms with Gasteiger partial charge in [0, 0.05) is 49.1 Å². The van der Waals surface area contributed by atoms with Crippen LogP contribution >= 0.6 is 0 Å². The summed E-state index contributed by atoms with van der Waals surface area (Å²) in [6.45, 7) is 0.992. The van der Waals surface area contributed by atoms with Gasteiger partial charge in [-0.15, -0.1) is 0 Å². The van der Waals surface area contributed by atoms with E-state index < -0.39 is 0 Å². The predicted molar refractivity (Wildman–Crippen MR) is 120 cm³/mol. The van der Waals surface area contributed by atoms with Crippen LogP contribution in [0.5, 0.6) is 0 Å². The predicted octanol–water partition coefficient (Wildman–Crippen LogP) is 5.33. The standard InChI is InChI=1S/C26H24N4/c1-2-12-25-20(7-1)11-6-16-30(25)26-21(8-5-15-29-26)17-24(22-9-3-13-27-18-22)23-10-4-14-28-19-23/h1-5,7-10,12-15,18-19,24H,6,11,16-17H2. The summed E-state index contributed by atoms with van der Waals surface area (Å²) in [7, 11) is 0. The highest BCUT2D eigenvalue weighted by Crippen LogP contribution is 2.36. The van der Waals surface area contributed by atoms with Crippen molar-refractivity contribution >= 4 is 11.5 Å². The van der Waals surface area contributed by atoms with E-state index in [-0.39, 0.29) is 5.92 Å². The molecule has 0 unspecified atom stereocenters. The number of benzene rings is 1. The third-order valence-electron chi connectivity index (χ3n) is 5.83. The minimum absolute atomic E-state index is 0.176. The van der Waals surface area contributed by atoms with Gasteiger partial charge in [0.2, 0.25) is 0 Å². The molecule has 0 saturated carbocycles. The van der Waals surface area contributed by atoms with Gasteiger partial charge in [-0.2, -0.15) is 0 Å². The summed E-state index contributed by atoms with van der Waals surface area (Å²) in [4.78, 5) is 16.0. The Kier molecular flexibility index (Phi) is 5.21. The van der Waals surface area contributed by atoms with Crippen LogP contribution in [0.1, 0.15) is 34.6 Å². The van der Waals surface area contributed by atoms with E-state index in [0.717, 1.165) is 31.6 Å². The van der Waals surface area contributed by atoms with Crippen molar-refractivity contribution in [2.24, 2.45) is 0 Å². The number of para-hydroxylation sites is 1. The number of fused-ring (bicyclic) bond motifs is 1. The van der Waals surface area contributed by atoms with Crippen molar-refractivity contribution in [3.05, 3.63) is 114 Å². The lowest BCUT2D eigenvalue weighted by molar-refractivity contribution is 0.743. The highest BCUT2D eigenvalue weighted by Gasteiger charge is 2.23. The Balaban J connectivity index is 1.55. The van der Waals surface area contributed by atoms with Crippen LogP contribution in [0.15, 0.2) is 91.6 Å². The highest BCUT2D eigenvalue weighted by atomic mass is 15.2. The van der Waals surface area contributed by atoms with Crippen LogP contribution in [0, 0.1) is 0 Å². The van der Waals surface area contributed by atoms with E-state index in [9.17, 15) is 0 Å². The summed E-state index contributed by atoms with van der Waals surface area (Å²) >= 11 is 0. The Morgan fingerprint density at radius 3 is 2.27 bits per heavy atom. The molecule has 1 aromatic carbocycles. The summed E-state index contributed by atoms with van der Waals surface area (Å²) in [6.07, 6.45) is 12.6. The van der Waals surface area contributed by atoms with Gasteiger partial charge in [-0.25, -0.2) is 4.98 Å². The zero-order valence-electron chi connectivity index (χ0n) is 16.9. The van der Waals surface area contributed by atoms with Gasteiger partial charge in [0.25, 0.3) is 0 Å². The highest BCUT2D eigenvalue weighted by molar-refractivity contribution is 5.67. The molecule has 0 atom stereocenters. The Bertz CT molecular complexity index is 1070. The summed E-state index contributed by atoms with van der Waals surface area (Å²) in [5, 5.41) is 0. The number of aryl methyl sites for hydroxylation is 1. The SMILES string of the molecule is c1cncc(C(Cc2cccnc2N2CCCc3ccccc32)c2cccnc2)c1. The fraction of sp³-hybridized carbons (Fsp3) is 0.192. The van der Waals surface area contributed by atoms with Crippen LogP contribution in [0.2, 0.25) is 0 Å². The van der Waals surface area contributed by atoms with Crippen LogP contribution in [-0.4, -0.2) is 21.5 Å². The number of anilines is 2. The molecule has 1 aliphatic heterocycles. The van der Waals surface area contributed by atoms with Crippen LogP contribution in [0.3, 0.4) is 0 Å². The molecule has 0 aliphatic carbocycles. The number of pyridine rings is 3. The molecule has 4 heteroatoms. The molecule has 4 heterocycles. The van der Waals surface area contributed by atoms with Crippen LogP contribution < -0.4 is 4.90 Å². The second kappa shape index (κ2) is 8.46. The number of nitrogens with zero attached hydrogens (tertiary/aromatic N) is 4. The summed E-state index contributed by atoms with van der Waals surface area (Å²) in [5.41, 5.74) is 6.31. The fourth-order valence-electron chi connectivity index (χ4n) is 4.40. The molecule has 3 aromatic heterocycles. The van der Waals surface area contributed by atoms with E-state index >= 15 is 0 Å². The minimum Gasteiger partial charge on any atom is -0.326 e. The Labute approximate surface area is 177 Å². The molecule has 4 nitrogen and oxygen atoms in total. The first-order valence-electron chi connectivity index (χ1n) is 10.5. The molecular formula is C26H24N4. The third-order valence-corrected chi connectivity index (χ3v) is 5.83. The Hall–Kier alpha value is -3.53. The minimum atomic E-state index is 0.176. The number of hydrogen-bond donors (Lipinski definition) is 0. The van der Waals surface area contributed by atoms with Gasteiger partial charge in [0.05, 0.1) is 0 Å². The van der Waals surface area contributed by atoms with Crippen LogP contribution in [0.25, 0.3) is 0 Å². The maximum atomic E-state index is 4.84. The average Bonchev–Trinajstić information content (AvgIpc) is 2.83. The lowest BCUT2D eigenvalue weighted by Crippen LogP contribution is -2.26. The quantitative estimate of drug-likeness (QED) is 0.460. The normalized spacial score (nSPS) is 13.3. The first-order valence-corrected chi connectivity index (χ1v) is 10.5. The molecule has 0 spiro atoms. The van der Waals surface area contributed by atoms with Crippen molar-refractivity contribution in [1.82, 2.24) is 15.0 Å². The second-order valence-corrected chi connectivity index (χ2v) is 7.70. The van der Waals surface area contributed by atoms with Gasteiger partial charge in [-0.3, -0.25) is 9.97 Å². The smallest absolute Gasteiger partial charge is 0.136 e. The van der Waals surface area contributed by atoms with Gasteiger partial charge in [-0.1, -0.05) is 36.4 Å². The van der Waals surface area contributed by atoms with Gasteiger partial charge >= 0.3 is 0 Å². The van der Waals surface area contributed by atoms with Crippen LogP contribution in [-0.2, 0) is 12.8 Å². The molecule has 0 radical (unpaired) electrons. The van der Waals surface area contributed by atoms with E-state index in [1.807, 2.05) is 49.2 Å². The largest absolute Gasteiger partial charge is 0.326 e. The van der Waals surface area contributed by atoms with Crippen molar-refractivity contribution in [2.75, 3.05) is 11.4 Å². The maximum Gasteiger partial charge on any atom is 0.136 e. The van der Waals surface area contributed by atoms with E-state index in [2.05, 4.69) is 57.3 Å². The molecule has 30 heavy (non-hydrogen) atoms. The first kappa shape index (κ1) is 18.5. The molecule has 4 aromatic rings. The maximum absolute atomic E-state index is 4.84. The molecule has 0 N–H and O–H groups in total. The molecule has 148 valence electrons.